The Hall–Kier alpha value is -1.40. The zero-order valence-corrected chi connectivity index (χ0v) is 10.5. The molecule has 0 unspecified atom stereocenters. The number of nitrogens with two attached hydrogens (primary N) is 1. The van der Waals surface area contributed by atoms with Gasteiger partial charge in [0.25, 0.3) is 5.91 Å². The third-order valence-corrected chi connectivity index (χ3v) is 3.19. The lowest BCUT2D eigenvalue weighted by Gasteiger charge is -2.36. The number of carbonyl (C=O) groups is 2. The van der Waals surface area contributed by atoms with Gasteiger partial charge in [0.15, 0.2) is 0 Å². The van der Waals surface area contributed by atoms with Crippen molar-refractivity contribution in [3.63, 3.8) is 0 Å². The van der Waals surface area contributed by atoms with E-state index < -0.39 is 6.04 Å². The molecular weight excluding hydrogens is 286 g/mol. The summed E-state index contributed by atoms with van der Waals surface area (Å²) in [7, 11) is 0. The number of hydrogen-bond acceptors (Lipinski definition) is 3. The molecule has 6 heteroatoms. The van der Waals surface area contributed by atoms with E-state index in [0.717, 1.165) is 4.47 Å². The van der Waals surface area contributed by atoms with Crippen molar-refractivity contribution in [2.24, 2.45) is 5.73 Å². The largest absolute Gasteiger partial charge is 0.348 e. The number of amides is 2. The Morgan fingerprint density at radius 2 is 2.06 bits per heavy atom. The molecule has 4 N–H and O–H groups in total. The maximum absolute atomic E-state index is 11.8. The monoisotopic (exact) mass is 297 g/mol. The van der Waals surface area contributed by atoms with E-state index >= 15 is 0 Å². The minimum Gasteiger partial charge on any atom is -0.348 e. The fourth-order valence-corrected chi connectivity index (χ4v) is 1.89. The molecule has 1 saturated heterocycles. The number of nitrogens with one attached hydrogen (secondary N) is 2. The van der Waals surface area contributed by atoms with Gasteiger partial charge in [0.05, 0.1) is 6.04 Å². The van der Waals surface area contributed by atoms with Crippen molar-refractivity contribution in [3.8, 4) is 0 Å². The van der Waals surface area contributed by atoms with Crippen LogP contribution >= 0.6 is 15.9 Å². The quantitative estimate of drug-likeness (QED) is 0.687. The number of β-lactam (4-membered cyclic amide) rings is 1. The highest BCUT2D eigenvalue weighted by Crippen LogP contribution is 2.11. The number of benzene rings is 1. The predicted octanol–water partition coefficient (Wildman–Crippen LogP) is 0.00460. The highest BCUT2D eigenvalue weighted by Gasteiger charge is 2.39. The van der Waals surface area contributed by atoms with Crippen LogP contribution in [0.1, 0.15) is 10.4 Å². The molecule has 5 nitrogen and oxygen atoms in total. The van der Waals surface area contributed by atoms with Gasteiger partial charge >= 0.3 is 0 Å². The lowest BCUT2D eigenvalue weighted by atomic mass is 9.99. The molecule has 1 fully saturated rings. The molecule has 2 rings (SSSR count). The minimum absolute atomic E-state index is 0.165. The Labute approximate surface area is 107 Å². The van der Waals surface area contributed by atoms with Gasteiger partial charge in [-0.05, 0) is 24.3 Å². The van der Waals surface area contributed by atoms with Gasteiger partial charge in [-0.2, -0.15) is 0 Å². The second kappa shape index (κ2) is 4.85. The van der Waals surface area contributed by atoms with Gasteiger partial charge in [-0.1, -0.05) is 15.9 Å². The number of halogens is 1. The smallest absolute Gasteiger partial charge is 0.251 e. The summed E-state index contributed by atoms with van der Waals surface area (Å²) < 4.78 is 0.898. The van der Waals surface area contributed by atoms with Crippen LogP contribution in [0.3, 0.4) is 0 Å². The van der Waals surface area contributed by atoms with E-state index in [2.05, 4.69) is 26.6 Å². The van der Waals surface area contributed by atoms with Crippen LogP contribution in [-0.4, -0.2) is 30.4 Å². The second-order valence-corrected chi connectivity index (χ2v) is 4.72. The molecular formula is C11H12BrN3O2. The summed E-state index contributed by atoms with van der Waals surface area (Å²) in [5, 5.41) is 5.28. The lowest BCUT2D eigenvalue weighted by Crippen LogP contribution is -2.71. The summed E-state index contributed by atoms with van der Waals surface area (Å²) in [6.45, 7) is 0.316. The molecule has 1 heterocycles. The molecule has 0 bridgehead atoms. The van der Waals surface area contributed by atoms with Crippen LogP contribution in [0.5, 0.6) is 0 Å². The summed E-state index contributed by atoms with van der Waals surface area (Å²) in [5.41, 5.74) is 5.97. The zero-order chi connectivity index (χ0) is 12.4. The third kappa shape index (κ3) is 2.48. The van der Waals surface area contributed by atoms with E-state index in [1.807, 2.05) is 0 Å². The fraction of sp³-hybridized carbons (Fsp3) is 0.273. The van der Waals surface area contributed by atoms with Crippen molar-refractivity contribution < 1.29 is 9.59 Å². The first-order valence-corrected chi connectivity index (χ1v) is 5.98. The average molecular weight is 298 g/mol. The van der Waals surface area contributed by atoms with Gasteiger partial charge in [0, 0.05) is 16.6 Å². The van der Waals surface area contributed by atoms with Gasteiger partial charge in [-0.25, -0.2) is 0 Å². The van der Waals surface area contributed by atoms with Crippen molar-refractivity contribution in [2.45, 2.75) is 12.1 Å². The van der Waals surface area contributed by atoms with Crippen molar-refractivity contribution in [2.75, 3.05) is 6.54 Å². The summed E-state index contributed by atoms with van der Waals surface area (Å²) in [4.78, 5) is 23.1. The minimum atomic E-state index is -0.517. The van der Waals surface area contributed by atoms with E-state index in [-0.39, 0.29) is 17.9 Å². The van der Waals surface area contributed by atoms with E-state index in [0.29, 0.717) is 12.1 Å². The topological polar surface area (TPSA) is 84.2 Å². The van der Waals surface area contributed by atoms with Crippen LogP contribution in [0.4, 0.5) is 0 Å². The summed E-state index contributed by atoms with van der Waals surface area (Å²) >= 11 is 3.29. The first-order valence-electron chi connectivity index (χ1n) is 5.18. The molecule has 2 amide bonds. The Bertz CT molecular complexity index is 447. The molecule has 1 aromatic rings. The van der Waals surface area contributed by atoms with Crippen molar-refractivity contribution >= 4 is 27.7 Å². The Morgan fingerprint density at radius 3 is 2.59 bits per heavy atom. The van der Waals surface area contributed by atoms with Gasteiger partial charge in [0.1, 0.15) is 6.04 Å². The summed E-state index contributed by atoms with van der Waals surface area (Å²) in [6, 6.07) is 6.24. The van der Waals surface area contributed by atoms with Gasteiger partial charge in [-0.3, -0.25) is 9.59 Å². The molecule has 0 saturated carbocycles. The molecule has 0 radical (unpaired) electrons. The highest BCUT2D eigenvalue weighted by molar-refractivity contribution is 9.10. The van der Waals surface area contributed by atoms with Gasteiger partial charge < -0.3 is 16.4 Å². The summed E-state index contributed by atoms with van der Waals surface area (Å²) in [5.74, 6) is -0.457. The molecule has 1 aromatic carbocycles. The van der Waals surface area contributed by atoms with Crippen LogP contribution in [0, 0.1) is 0 Å². The molecule has 1 aliphatic heterocycles. The normalized spacial score (nSPS) is 22.6. The van der Waals surface area contributed by atoms with E-state index in [1.165, 1.54) is 0 Å². The van der Waals surface area contributed by atoms with Gasteiger partial charge in [-0.15, -0.1) is 0 Å². The van der Waals surface area contributed by atoms with Gasteiger partial charge in [0.2, 0.25) is 5.91 Å². The zero-order valence-electron chi connectivity index (χ0n) is 8.94. The Balaban J connectivity index is 2.02. The van der Waals surface area contributed by atoms with E-state index in [1.54, 1.807) is 24.3 Å². The molecule has 2 atom stereocenters. The standard InChI is InChI=1S/C11H12BrN3O2/c12-7-3-1-6(2-4-7)10(16)15-9-8(5-13)14-11(9)17/h1-4,8-9H,5,13H2,(H,14,17)(H,15,16)/t8-,9+/m0/s1. The molecule has 90 valence electrons. The maximum Gasteiger partial charge on any atom is 0.251 e. The number of carbonyl (C=O) groups excluding carboxylic acids is 2. The van der Waals surface area contributed by atoms with Crippen LogP contribution in [0.25, 0.3) is 0 Å². The molecule has 0 aromatic heterocycles. The third-order valence-electron chi connectivity index (χ3n) is 2.66. The van der Waals surface area contributed by atoms with E-state index in [4.69, 9.17) is 5.73 Å². The number of rotatable bonds is 3. The van der Waals surface area contributed by atoms with Crippen LogP contribution in [0.15, 0.2) is 28.7 Å². The summed E-state index contributed by atoms with van der Waals surface area (Å²) in [6.07, 6.45) is 0. The first kappa shape index (κ1) is 12.1. The van der Waals surface area contributed by atoms with E-state index in [9.17, 15) is 9.59 Å². The fourth-order valence-electron chi connectivity index (χ4n) is 1.63. The highest BCUT2D eigenvalue weighted by atomic mass is 79.9. The molecule has 1 aliphatic rings. The molecule has 0 aliphatic carbocycles. The number of hydrogen-bond donors (Lipinski definition) is 3. The van der Waals surface area contributed by atoms with Crippen LogP contribution in [-0.2, 0) is 4.79 Å². The average Bonchev–Trinajstić information content (AvgIpc) is 2.33. The predicted molar refractivity (Wildman–Crippen MR) is 66.4 cm³/mol. The first-order chi connectivity index (χ1) is 8.11. The van der Waals surface area contributed by atoms with Crippen LogP contribution < -0.4 is 16.4 Å². The molecule has 17 heavy (non-hydrogen) atoms. The van der Waals surface area contributed by atoms with Crippen molar-refractivity contribution in [3.05, 3.63) is 34.3 Å². The lowest BCUT2D eigenvalue weighted by molar-refractivity contribution is -0.131. The Kier molecular flexibility index (Phi) is 3.44. The maximum atomic E-state index is 11.8. The second-order valence-electron chi connectivity index (χ2n) is 3.81. The van der Waals surface area contributed by atoms with Crippen molar-refractivity contribution in [1.82, 2.24) is 10.6 Å². The Morgan fingerprint density at radius 1 is 1.41 bits per heavy atom. The SMILES string of the molecule is NC[C@@H]1NC(=O)[C@@H]1NC(=O)c1ccc(Br)cc1. The van der Waals surface area contributed by atoms with Crippen LogP contribution in [0.2, 0.25) is 0 Å². The molecule has 0 spiro atoms. The van der Waals surface area contributed by atoms with Crippen molar-refractivity contribution in [1.29, 1.82) is 0 Å².